The SMILES string of the molecule is O=C(CCSCc1nc2sc3c(c2c(=O)[nH]1)CCCC3)N1CCCC2CCCCC21. The fourth-order valence-electron chi connectivity index (χ4n) is 5.68. The molecule has 1 saturated carbocycles. The Morgan fingerprint density at radius 2 is 1.97 bits per heavy atom. The minimum Gasteiger partial charge on any atom is -0.339 e. The fraction of sp³-hybridized carbons (Fsp3) is 0.696. The maximum Gasteiger partial charge on any atom is 0.259 e. The molecule has 2 aromatic rings. The Balaban J connectivity index is 1.17. The first kappa shape index (κ1) is 20.6. The zero-order valence-corrected chi connectivity index (χ0v) is 19.2. The second-order valence-corrected chi connectivity index (χ2v) is 11.2. The summed E-state index contributed by atoms with van der Waals surface area (Å²) >= 11 is 3.40. The number of amides is 1. The number of hydrogen-bond donors (Lipinski definition) is 1. The summed E-state index contributed by atoms with van der Waals surface area (Å²) in [5, 5.41) is 0.825. The zero-order valence-electron chi connectivity index (χ0n) is 17.6. The smallest absolute Gasteiger partial charge is 0.259 e. The van der Waals surface area contributed by atoms with Crippen molar-refractivity contribution in [3.63, 3.8) is 0 Å². The van der Waals surface area contributed by atoms with Crippen LogP contribution in [0.25, 0.3) is 10.2 Å². The molecule has 2 unspecified atom stereocenters. The molecule has 5 nitrogen and oxygen atoms in total. The predicted octanol–water partition coefficient (Wildman–Crippen LogP) is 4.67. The standard InChI is InChI=1S/C23H31N3O2S2/c27-20(26-12-5-7-15-6-1-3-9-17(15)26)11-13-29-14-19-24-22(28)21-16-8-2-4-10-18(16)30-23(21)25-19/h15,17H,1-14H2,(H,24,25,28). The number of rotatable bonds is 5. The maximum absolute atomic E-state index is 12.8. The lowest BCUT2D eigenvalue weighted by Crippen LogP contribution is -2.49. The molecule has 1 amide bonds. The van der Waals surface area contributed by atoms with Gasteiger partial charge in [0.2, 0.25) is 5.91 Å². The molecule has 2 atom stereocenters. The molecular formula is C23H31N3O2S2. The third kappa shape index (κ3) is 4.07. The van der Waals surface area contributed by atoms with E-state index < -0.39 is 0 Å². The van der Waals surface area contributed by atoms with Gasteiger partial charge in [0.15, 0.2) is 0 Å². The van der Waals surface area contributed by atoms with Crippen LogP contribution in [-0.2, 0) is 23.4 Å². The zero-order chi connectivity index (χ0) is 20.5. The van der Waals surface area contributed by atoms with Gasteiger partial charge in [0.05, 0.1) is 11.1 Å². The van der Waals surface area contributed by atoms with Gasteiger partial charge in [-0.05, 0) is 62.8 Å². The van der Waals surface area contributed by atoms with Gasteiger partial charge >= 0.3 is 0 Å². The van der Waals surface area contributed by atoms with E-state index in [0.717, 1.165) is 53.5 Å². The number of hydrogen-bond acceptors (Lipinski definition) is 5. The number of aromatic amines is 1. The van der Waals surface area contributed by atoms with Gasteiger partial charge in [0.1, 0.15) is 10.7 Å². The van der Waals surface area contributed by atoms with E-state index in [4.69, 9.17) is 4.98 Å². The Morgan fingerprint density at radius 3 is 2.90 bits per heavy atom. The molecule has 0 radical (unpaired) electrons. The number of aryl methyl sites for hydroxylation is 2. The van der Waals surface area contributed by atoms with Crippen molar-refractivity contribution in [3.8, 4) is 0 Å². The van der Waals surface area contributed by atoms with Crippen LogP contribution in [0.5, 0.6) is 0 Å². The van der Waals surface area contributed by atoms with E-state index in [1.807, 2.05) is 0 Å². The van der Waals surface area contributed by atoms with Crippen molar-refractivity contribution in [2.24, 2.45) is 5.92 Å². The minimum absolute atomic E-state index is 0.0164. The average Bonchev–Trinajstić information content (AvgIpc) is 3.15. The number of likely N-dealkylation sites (tertiary alicyclic amines) is 1. The molecule has 7 heteroatoms. The van der Waals surface area contributed by atoms with Crippen LogP contribution in [-0.4, -0.2) is 39.1 Å². The van der Waals surface area contributed by atoms with Crippen LogP contribution in [0.3, 0.4) is 0 Å². The number of fused-ring (bicyclic) bond motifs is 4. The Labute approximate surface area is 186 Å². The van der Waals surface area contributed by atoms with Crippen LogP contribution in [0, 0.1) is 5.92 Å². The minimum atomic E-state index is 0.0164. The number of thioether (sulfide) groups is 1. The highest BCUT2D eigenvalue weighted by atomic mass is 32.2. The Kier molecular flexibility index (Phi) is 6.19. The number of piperidine rings is 1. The van der Waals surface area contributed by atoms with Crippen LogP contribution in [0.2, 0.25) is 0 Å². The third-order valence-corrected chi connectivity index (χ3v) is 9.29. The summed E-state index contributed by atoms with van der Waals surface area (Å²) in [5.74, 6) is 3.25. The predicted molar refractivity (Wildman–Crippen MR) is 124 cm³/mol. The van der Waals surface area contributed by atoms with Gasteiger partial charge in [-0.3, -0.25) is 9.59 Å². The highest BCUT2D eigenvalue weighted by Crippen LogP contribution is 2.36. The van der Waals surface area contributed by atoms with Gasteiger partial charge in [-0.25, -0.2) is 4.98 Å². The van der Waals surface area contributed by atoms with Crippen molar-refractivity contribution in [1.29, 1.82) is 0 Å². The summed E-state index contributed by atoms with van der Waals surface area (Å²) in [4.78, 5) is 37.7. The summed E-state index contributed by atoms with van der Waals surface area (Å²) in [6, 6.07) is 0.496. The molecule has 1 N–H and O–H groups in total. The lowest BCUT2D eigenvalue weighted by molar-refractivity contribution is -0.137. The summed E-state index contributed by atoms with van der Waals surface area (Å²) in [6.45, 7) is 0.944. The van der Waals surface area contributed by atoms with Crippen molar-refractivity contribution in [2.75, 3.05) is 12.3 Å². The summed E-state index contributed by atoms with van der Waals surface area (Å²) in [6.07, 6.45) is 12.6. The average molecular weight is 446 g/mol. The first-order chi connectivity index (χ1) is 14.7. The molecule has 0 aromatic carbocycles. The molecule has 2 aliphatic carbocycles. The number of carbonyl (C=O) groups excluding carboxylic acids is 1. The molecule has 1 aliphatic heterocycles. The van der Waals surface area contributed by atoms with Crippen LogP contribution in [0.1, 0.15) is 74.1 Å². The molecule has 3 aliphatic rings. The Bertz CT molecular complexity index is 981. The van der Waals surface area contributed by atoms with Gasteiger partial charge < -0.3 is 9.88 Å². The number of nitrogens with zero attached hydrogens (tertiary/aromatic N) is 2. The molecule has 5 rings (SSSR count). The molecule has 1 saturated heterocycles. The molecule has 0 bridgehead atoms. The van der Waals surface area contributed by atoms with Crippen molar-refractivity contribution in [2.45, 2.75) is 82.4 Å². The monoisotopic (exact) mass is 445 g/mol. The Hall–Kier alpha value is -1.34. The van der Waals surface area contributed by atoms with E-state index in [2.05, 4.69) is 9.88 Å². The van der Waals surface area contributed by atoms with Crippen molar-refractivity contribution in [1.82, 2.24) is 14.9 Å². The van der Waals surface area contributed by atoms with Gasteiger partial charge in [0.25, 0.3) is 5.56 Å². The largest absolute Gasteiger partial charge is 0.339 e. The second kappa shape index (κ2) is 9.03. The molecule has 2 aromatic heterocycles. The fourth-order valence-corrected chi connectivity index (χ4v) is 7.76. The van der Waals surface area contributed by atoms with Gasteiger partial charge in [-0.1, -0.05) is 12.8 Å². The number of aromatic nitrogens is 2. The highest BCUT2D eigenvalue weighted by molar-refractivity contribution is 7.98. The summed E-state index contributed by atoms with van der Waals surface area (Å²) in [5.41, 5.74) is 1.25. The van der Waals surface area contributed by atoms with E-state index in [9.17, 15) is 9.59 Å². The molecule has 2 fully saturated rings. The molecular weight excluding hydrogens is 414 g/mol. The number of carbonyl (C=O) groups is 1. The van der Waals surface area contributed by atoms with Gasteiger partial charge in [-0.15, -0.1) is 11.3 Å². The summed E-state index contributed by atoms with van der Waals surface area (Å²) in [7, 11) is 0. The van der Waals surface area contributed by atoms with Crippen molar-refractivity contribution in [3.05, 3.63) is 26.6 Å². The van der Waals surface area contributed by atoms with Crippen molar-refractivity contribution >= 4 is 39.2 Å². The van der Waals surface area contributed by atoms with E-state index in [1.165, 1.54) is 55.4 Å². The van der Waals surface area contributed by atoms with Crippen LogP contribution in [0.15, 0.2) is 4.79 Å². The molecule has 3 heterocycles. The topological polar surface area (TPSA) is 66.1 Å². The Morgan fingerprint density at radius 1 is 1.13 bits per heavy atom. The van der Waals surface area contributed by atoms with E-state index in [-0.39, 0.29) is 5.56 Å². The van der Waals surface area contributed by atoms with E-state index in [0.29, 0.717) is 24.1 Å². The maximum atomic E-state index is 12.8. The lowest BCUT2D eigenvalue weighted by Gasteiger charge is -2.44. The first-order valence-corrected chi connectivity index (χ1v) is 13.6. The molecule has 0 spiro atoms. The van der Waals surface area contributed by atoms with Gasteiger partial charge in [-0.2, -0.15) is 11.8 Å². The number of thiophene rings is 1. The first-order valence-electron chi connectivity index (χ1n) is 11.6. The highest BCUT2D eigenvalue weighted by Gasteiger charge is 2.35. The van der Waals surface area contributed by atoms with Gasteiger partial charge in [0, 0.05) is 29.6 Å². The van der Waals surface area contributed by atoms with Crippen molar-refractivity contribution < 1.29 is 4.79 Å². The van der Waals surface area contributed by atoms with Crippen LogP contribution < -0.4 is 5.56 Å². The quantitative estimate of drug-likeness (QED) is 0.680. The van der Waals surface area contributed by atoms with Crippen LogP contribution in [0.4, 0.5) is 0 Å². The third-order valence-electron chi connectivity index (χ3n) is 7.14. The lowest BCUT2D eigenvalue weighted by atomic mass is 9.78. The molecule has 162 valence electrons. The second-order valence-electron chi connectivity index (χ2n) is 9.05. The van der Waals surface area contributed by atoms with Crippen LogP contribution >= 0.6 is 23.1 Å². The number of nitrogens with one attached hydrogen (secondary N) is 1. The van der Waals surface area contributed by atoms with E-state index in [1.54, 1.807) is 23.1 Å². The normalized spacial score (nSPS) is 23.9. The molecule has 30 heavy (non-hydrogen) atoms. The summed E-state index contributed by atoms with van der Waals surface area (Å²) < 4.78 is 0. The number of H-pyrrole nitrogens is 1. The van der Waals surface area contributed by atoms with E-state index >= 15 is 0 Å².